The average molecular weight is 276 g/mol. The lowest BCUT2D eigenvalue weighted by Crippen LogP contribution is -2.47. The van der Waals surface area contributed by atoms with Gasteiger partial charge in [0.15, 0.2) is 0 Å². The molecule has 0 N–H and O–H groups in total. The molecule has 2 fully saturated rings. The maximum atomic E-state index is 6.03. The van der Waals surface area contributed by atoms with Crippen molar-refractivity contribution < 1.29 is 14.2 Å². The van der Waals surface area contributed by atoms with Crippen molar-refractivity contribution in [2.45, 2.75) is 32.1 Å². The molecular weight excluding hydrogens is 252 g/mol. The van der Waals surface area contributed by atoms with Gasteiger partial charge in [0, 0.05) is 5.41 Å². The Morgan fingerprint density at radius 2 is 1.80 bits per heavy atom. The summed E-state index contributed by atoms with van der Waals surface area (Å²) < 4.78 is 16.8. The van der Waals surface area contributed by atoms with Gasteiger partial charge in [-0.15, -0.1) is 0 Å². The molecule has 3 rings (SSSR count). The summed E-state index contributed by atoms with van der Waals surface area (Å²) in [5, 5.41) is 0. The Bertz CT molecular complexity index is 450. The summed E-state index contributed by atoms with van der Waals surface area (Å²) in [5.74, 6) is 0.974. The fraction of sp³-hybridized carbons (Fsp3) is 0.647. The molecule has 110 valence electrons. The molecule has 2 saturated heterocycles. The molecule has 2 aliphatic heterocycles. The molecule has 0 aliphatic carbocycles. The zero-order valence-electron chi connectivity index (χ0n) is 12.5. The normalized spacial score (nSPS) is 22.7. The number of benzene rings is 1. The lowest BCUT2D eigenvalue weighted by atomic mass is 9.76. The standard InChI is InChI=1S/C17H24O3/c1-3-16(9-18-10-16)11-20-15-7-5-6-14(8-15)17(4-2)12-19-13-17/h5-8H,3-4,9-13H2,1-2H3. The first kappa shape index (κ1) is 13.9. The summed E-state index contributed by atoms with van der Waals surface area (Å²) in [6, 6.07) is 8.53. The van der Waals surface area contributed by atoms with Gasteiger partial charge in [0.05, 0.1) is 38.4 Å². The van der Waals surface area contributed by atoms with Crippen LogP contribution in [0.5, 0.6) is 5.75 Å². The highest BCUT2D eigenvalue weighted by molar-refractivity contribution is 5.35. The second-order valence-corrected chi connectivity index (χ2v) is 6.29. The van der Waals surface area contributed by atoms with Crippen LogP contribution in [0.3, 0.4) is 0 Å². The van der Waals surface area contributed by atoms with Gasteiger partial charge >= 0.3 is 0 Å². The molecule has 0 spiro atoms. The molecule has 3 nitrogen and oxygen atoms in total. The first-order valence-corrected chi connectivity index (χ1v) is 7.61. The summed E-state index contributed by atoms with van der Waals surface area (Å²) >= 11 is 0. The molecule has 0 bridgehead atoms. The van der Waals surface area contributed by atoms with E-state index in [1.165, 1.54) is 5.56 Å². The summed E-state index contributed by atoms with van der Waals surface area (Å²) in [6.45, 7) is 8.52. The zero-order chi connectivity index (χ0) is 14.1. The maximum absolute atomic E-state index is 6.03. The minimum atomic E-state index is 0.210. The Balaban J connectivity index is 1.68. The van der Waals surface area contributed by atoms with Gasteiger partial charge in [-0.3, -0.25) is 0 Å². The molecule has 1 aromatic rings. The number of hydrogen-bond donors (Lipinski definition) is 0. The molecule has 20 heavy (non-hydrogen) atoms. The van der Waals surface area contributed by atoms with Crippen LogP contribution in [0.25, 0.3) is 0 Å². The Hall–Kier alpha value is -1.06. The second kappa shape index (κ2) is 5.38. The van der Waals surface area contributed by atoms with E-state index in [0.717, 1.165) is 51.6 Å². The van der Waals surface area contributed by atoms with Crippen LogP contribution in [0, 0.1) is 5.41 Å². The quantitative estimate of drug-likeness (QED) is 0.798. The molecule has 3 heteroatoms. The molecule has 0 radical (unpaired) electrons. The second-order valence-electron chi connectivity index (χ2n) is 6.29. The van der Waals surface area contributed by atoms with E-state index < -0.39 is 0 Å². The summed E-state index contributed by atoms with van der Waals surface area (Å²) in [7, 11) is 0. The van der Waals surface area contributed by atoms with Crippen LogP contribution in [0.2, 0.25) is 0 Å². The average Bonchev–Trinajstić information content (AvgIpc) is 2.38. The molecule has 0 atom stereocenters. The van der Waals surface area contributed by atoms with Crippen molar-refractivity contribution in [1.82, 2.24) is 0 Å². The molecule has 1 aromatic carbocycles. The van der Waals surface area contributed by atoms with Crippen LogP contribution in [-0.4, -0.2) is 33.0 Å². The minimum absolute atomic E-state index is 0.210. The van der Waals surface area contributed by atoms with Crippen molar-refractivity contribution in [3.05, 3.63) is 29.8 Å². The van der Waals surface area contributed by atoms with Gasteiger partial charge < -0.3 is 14.2 Å². The van der Waals surface area contributed by atoms with Crippen LogP contribution in [0.15, 0.2) is 24.3 Å². The highest BCUT2D eigenvalue weighted by Crippen LogP contribution is 2.37. The zero-order valence-corrected chi connectivity index (χ0v) is 12.5. The Labute approximate surface area is 121 Å². The molecule has 0 amide bonds. The van der Waals surface area contributed by atoms with Crippen molar-refractivity contribution in [2.24, 2.45) is 5.41 Å². The van der Waals surface area contributed by atoms with E-state index in [2.05, 4.69) is 38.1 Å². The maximum Gasteiger partial charge on any atom is 0.119 e. The molecule has 0 unspecified atom stereocenters. The highest BCUT2D eigenvalue weighted by atomic mass is 16.5. The van der Waals surface area contributed by atoms with Gasteiger partial charge in [-0.25, -0.2) is 0 Å². The predicted octanol–water partition coefficient (Wildman–Crippen LogP) is 3.17. The lowest BCUT2D eigenvalue weighted by Gasteiger charge is -2.42. The Morgan fingerprint density at radius 1 is 1.05 bits per heavy atom. The van der Waals surface area contributed by atoms with Gasteiger partial charge in [-0.05, 0) is 30.5 Å². The lowest BCUT2D eigenvalue weighted by molar-refractivity contribution is -0.133. The van der Waals surface area contributed by atoms with Crippen molar-refractivity contribution in [2.75, 3.05) is 33.0 Å². The molecule has 0 aromatic heterocycles. The predicted molar refractivity (Wildman–Crippen MR) is 78.3 cm³/mol. The van der Waals surface area contributed by atoms with Gasteiger partial charge in [0.25, 0.3) is 0 Å². The monoisotopic (exact) mass is 276 g/mol. The van der Waals surface area contributed by atoms with Crippen LogP contribution in [-0.2, 0) is 14.9 Å². The third-order valence-corrected chi connectivity index (χ3v) is 4.99. The third kappa shape index (κ3) is 2.33. The summed E-state index contributed by atoms with van der Waals surface area (Å²) in [5.41, 5.74) is 1.79. The van der Waals surface area contributed by atoms with Gasteiger partial charge in [-0.2, -0.15) is 0 Å². The molecule has 2 aliphatic rings. The summed E-state index contributed by atoms with van der Waals surface area (Å²) in [6.07, 6.45) is 2.22. The van der Waals surface area contributed by atoms with E-state index in [-0.39, 0.29) is 10.8 Å². The van der Waals surface area contributed by atoms with Gasteiger partial charge in [-0.1, -0.05) is 26.0 Å². The smallest absolute Gasteiger partial charge is 0.119 e. The Morgan fingerprint density at radius 3 is 2.30 bits per heavy atom. The molecular formula is C17H24O3. The van der Waals surface area contributed by atoms with Crippen molar-refractivity contribution in [3.8, 4) is 5.75 Å². The van der Waals surface area contributed by atoms with Crippen LogP contribution >= 0.6 is 0 Å². The largest absolute Gasteiger partial charge is 0.493 e. The molecule has 0 saturated carbocycles. The van der Waals surface area contributed by atoms with Crippen LogP contribution < -0.4 is 4.74 Å². The highest BCUT2D eigenvalue weighted by Gasteiger charge is 2.39. The van der Waals surface area contributed by atoms with E-state index in [1.807, 2.05) is 0 Å². The topological polar surface area (TPSA) is 27.7 Å². The van der Waals surface area contributed by atoms with Gasteiger partial charge in [0.2, 0.25) is 0 Å². The SMILES string of the molecule is CCC1(COc2cccc(C3(CC)COC3)c2)COC1. The molecule has 2 heterocycles. The minimum Gasteiger partial charge on any atom is -0.493 e. The first-order valence-electron chi connectivity index (χ1n) is 7.61. The van der Waals surface area contributed by atoms with E-state index >= 15 is 0 Å². The van der Waals surface area contributed by atoms with E-state index in [9.17, 15) is 0 Å². The van der Waals surface area contributed by atoms with Crippen LogP contribution in [0.1, 0.15) is 32.3 Å². The van der Waals surface area contributed by atoms with Crippen molar-refractivity contribution >= 4 is 0 Å². The fourth-order valence-corrected chi connectivity index (χ4v) is 2.86. The van der Waals surface area contributed by atoms with Crippen molar-refractivity contribution in [1.29, 1.82) is 0 Å². The van der Waals surface area contributed by atoms with Gasteiger partial charge in [0.1, 0.15) is 5.75 Å². The fourth-order valence-electron chi connectivity index (χ4n) is 2.86. The van der Waals surface area contributed by atoms with Crippen LogP contribution in [0.4, 0.5) is 0 Å². The van der Waals surface area contributed by atoms with E-state index in [1.54, 1.807) is 0 Å². The van der Waals surface area contributed by atoms with Crippen molar-refractivity contribution in [3.63, 3.8) is 0 Å². The summed E-state index contributed by atoms with van der Waals surface area (Å²) in [4.78, 5) is 0. The van der Waals surface area contributed by atoms with E-state index in [0.29, 0.717) is 0 Å². The number of hydrogen-bond acceptors (Lipinski definition) is 3. The Kier molecular flexibility index (Phi) is 3.74. The first-order chi connectivity index (χ1) is 9.72. The van der Waals surface area contributed by atoms with E-state index in [4.69, 9.17) is 14.2 Å². The third-order valence-electron chi connectivity index (χ3n) is 4.99. The number of ether oxygens (including phenoxy) is 3. The number of rotatable bonds is 6.